The number of carbonyl (C=O) groups excluding carboxylic acids is 2. The molecule has 1 aliphatic heterocycles. The number of quaternary nitrogens is 1. The van der Waals surface area contributed by atoms with Gasteiger partial charge in [0.05, 0.1) is 13.1 Å². The molecule has 3 amide bonds. The number of piperidine rings is 1. The Morgan fingerprint density at radius 3 is 2.48 bits per heavy atom. The zero-order valence-electron chi connectivity index (χ0n) is 15.0. The van der Waals surface area contributed by atoms with Crippen LogP contribution in [0.3, 0.4) is 0 Å². The Hall–Kier alpha value is -2.57. The molecule has 1 heterocycles. The van der Waals surface area contributed by atoms with E-state index < -0.39 is 6.03 Å². The van der Waals surface area contributed by atoms with Crippen molar-refractivity contribution in [3.8, 4) is 0 Å². The van der Waals surface area contributed by atoms with E-state index in [0.717, 1.165) is 37.5 Å². The molecule has 27 heavy (non-hydrogen) atoms. The molecule has 1 fully saturated rings. The van der Waals surface area contributed by atoms with Gasteiger partial charge in [-0.15, -0.1) is 0 Å². The number of hydrogen-bond donors (Lipinski definition) is 4. The summed E-state index contributed by atoms with van der Waals surface area (Å²) in [7, 11) is 0. The van der Waals surface area contributed by atoms with Gasteiger partial charge in [-0.1, -0.05) is 29.8 Å². The molecule has 0 aromatic heterocycles. The number of hydrogen-bond acceptors (Lipinski definition) is 2. The number of urea groups is 1. The van der Waals surface area contributed by atoms with Crippen LogP contribution in [0.5, 0.6) is 0 Å². The molecule has 1 saturated heterocycles. The highest BCUT2D eigenvalue weighted by Crippen LogP contribution is 2.12. The van der Waals surface area contributed by atoms with Gasteiger partial charge in [-0.25, -0.2) is 4.79 Å². The number of amides is 3. The molecule has 3 rings (SSSR count). The summed E-state index contributed by atoms with van der Waals surface area (Å²) < 4.78 is 0. The number of halogens is 1. The van der Waals surface area contributed by atoms with E-state index in [1.807, 2.05) is 12.1 Å². The Kier molecular flexibility index (Phi) is 6.32. The van der Waals surface area contributed by atoms with Gasteiger partial charge in [-0.05, 0) is 30.3 Å². The standard InChI is InChI=1S/C20H23ClN4O2/c21-16-6-4-14(5-7-16)13-25-10-8-17(9-11-25)23-19(26)15-2-1-3-18(12-15)24-20(22)27/h1-7,12,17H,8-11,13H2,(H,23,26)(H3,22,24,27)/p+1. The van der Waals surface area contributed by atoms with Crippen molar-refractivity contribution in [2.24, 2.45) is 5.73 Å². The second kappa shape index (κ2) is 8.88. The molecule has 1 aliphatic rings. The van der Waals surface area contributed by atoms with Crippen molar-refractivity contribution < 1.29 is 14.5 Å². The maximum atomic E-state index is 12.5. The first-order chi connectivity index (χ1) is 13.0. The predicted octanol–water partition coefficient (Wildman–Crippen LogP) is 1.81. The fourth-order valence-corrected chi connectivity index (χ4v) is 3.51. The first-order valence-corrected chi connectivity index (χ1v) is 9.43. The van der Waals surface area contributed by atoms with Crippen LogP contribution in [0.4, 0.5) is 10.5 Å². The van der Waals surface area contributed by atoms with Gasteiger partial charge in [0.1, 0.15) is 6.54 Å². The molecule has 0 spiro atoms. The average Bonchev–Trinajstić information content (AvgIpc) is 2.65. The lowest BCUT2D eigenvalue weighted by Gasteiger charge is -2.30. The Bertz CT molecular complexity index is 802. The second-order valence-electron chi connectivity index (χ2n) is 6.87. The molecule has 2 aromatic rings. The summed E-state index contributed by atoms with van der Waals surface area (Å²) in [5, 5.41) is 6.33. The number of nitrogens with two attached hydrogens (primary N) is 1. The van der Waals surface area contributed by atoms with Gasteiger partial charge in [-0.2, -0.15) is 0 Å². The minimum absolute atomic E-state index is 0.130. The van der Waals surface area contributed by atoms with E-state index in [4.69, 9.17) is 17.3 Å². The number of carbonyl (C=O) groups is 2. The van der Waals surface area contributed by atoms with Gasteiger partial charge >= 0.3 is 6.03 Å². The predicted molar refractivity (Wildman–Crippen MR) is 106 cm³/mol. The maximum Gasteiger partial charge on any atom is 0.316 e. The van der Waals surface area contributed by atoms with Crippen LogP contribution in [0, 0.1) is 0 Å². The number of likely N-dealkylation sites (tertiary alicyclic amines) is 1. The van der Waals surface area contributed by atoms with Crippen LogP contribution in [0.25, 0.3) is 0 Å². The molecule has 0 unspecified atom stereocenters. The van der Waals surface area contributed by atoms with Crippen molar-refractivity contribution in [3.05, 3.63) is 64.7 Å². The normalized spacial score (nSPS) is 19.3. The molecule has 5 N–H and O–H groups in total. The highest BCUT2D eigenvalue weighted by molar-refractivity contribution is 6.30. The third kappa shape index (κ3) is 5.70. The molecule has 0 bridgehead atoms. The Balaban J connectivity index is 1.49. The largest absolute Gasteiger partial charge is 0.351 e. The van der Waals surface area contributed by atoms with Gasteiger partial charge in [0.15, 0.2) is 0 Å². The van der Waals surface area contributed by atoms with E-state index in [0.29, 0.717) is 11.3 Å². The molecule has 0 aliphatic carbocycles. The van der Waals surface area contributed by atoms with E-state index in [9.17, 15) is 9.59 Å². The molecular weight excluding hydrogens is 364 g/mol. The van der Waals surface area contributed by atoms with Gasteiger partial charge in [0, 0.05) is 40.7 Å². The Labute approximate surface area is 163 Å². The minimum Gasteiger partial charge on any atom is -0.351 e. The average molecular weight is 388 g/mol. The van der Waals surface area contributed by atoms with Gasteiger partial charge in [-0.3, -0.25) is 4.79 Å². The van der Waals surface area contributed by atoms with Crippen molar-refractivity contribution >= 4 is 29.2 Å². The zero-order chi connectivity index (χ0) is 19.2. The van der Waals surface area contributed by atoms with Crippen LogP contribution in [0.15, 0.2) is 48.5 Å². The number of nitrogens with one attached hydrogen (secondary N) is 3. The van der Waals surface area contributed by atoms with Crippen molar-refractivity contribution in [2.45, 2.75) is 25.4 Å². The summed E-state index contributed by atoms with van der Waals surface area (Å²) in [5.74, 6) is -0.130. The van der Waals surface area contributed by atoms with Crippen LogP contribution in [-0.2, 0) is 6.54 Å². The quantitative estimate of drug-likeness (QED) is 0.630. The van der Waals surface area contributed by atoms with Crippen LogP contribution >= 0.6 is 11.6 Å². The van der Waals surface area contributed by atoms with Crippen LogP contribution in [0.2, 0.25) is 5.02 Å². The van der Waals surface area contributed by atoms with Crippen LogP contribution < -0.4 is 21.3 Å². The lowest BCUT2D eigenvalue weighted by atomic mass is 10.0. The monoisotopic (exact) mass is 387 g/mol. The summed E-state index contributed by atoms with van der Waals surface area (Å²) in [5.41, 5.74) is 7.41. The smallest absolute Gasteiger partial charge is 0.316 e. The Morgan fingerprint density at radius 1 is 1.11 bits per heavy atom. The van der Waals surface area contributed by atoms with Crippen LogP contribution in [-0.4, -0.2) is 31.1 Å². The molecule has 0 atom stereocenters. The molecule has 0 radical (unpaired) electrons. The number of rotatable bonds is 5. The first kappa shape index (κ1) is 19.2. The number of anilines is 1. The van der Waals surface area contributed by atoms with E-state index in [-0.39, 0.29) is 11.9 Å². The number of benzene rings is 2. The minimum atomic E-state index is -0.649. The highest BCUT2D eigenvalue weighted by Gasteiger charge is 2.24. The molecule has 7 heteroatoms. The Morgan fingerprint density at radius 2 is 1.81 bits per heavy atom. The number of primary amides is 1. The lowest BCUT2D eigenvalue weighted by Crippen LogP contribution is -3.12. The molecule has 142 valence electrons. The summed E-state index contributed by atoms with van der Waals surface area (Å²) in [6.45, 7) is 2.99. The maximum absolute atomic E-state index is 12.5. The van der Waals surface area contributed by atoms with Gasteiger partial charge in [0.2, 0.25) is 0 Å². The fourth-order valence-electron chi connectivity index (χ4n) is 3.39. The summed E-state index contributed by atoms with van der Waals surface area (Å²) in [6, 6.07) is 14.3. The highest BCUT2D eigenvalue weighted by atomic mass is 35.5. The first-order valence-electron chi connectivity index (χ1n) is 9.05. The van der Waals surface area contributed by atoms with Gasteiger partial charge < -0.3 is 21.3 Å². The SMILES string of the molecule is NC(=O)Nc1cccc(C(=O)NC2CC[NH+](Cc3ccc(Cl)cc3)CC2)c1. The molecule has 0 saturated carbocycles. The zero-order valence-corrected chi connectivity index (χ0v) is 15.8. The molecule has 6 nitrogen and oxygen atoms in total. The van der Waals surface area contributed by atoms with E-state index in [1.165, 1.54) is 10.5 Å². The van der Waals surface area contributed by atoms with E-state index in [1.54, 1.807) is 24.3 Å². The summed E-state index contributed by atoms with van der Waals surface area (Å²) in [4.78, 5) is 24.9. The van der Waals surface area contributed by atoms with Crippen molar-refractivity contribution in [1.82, 2.24) is 5.32 Å². The van der Waals surface area contributed by atoms with E-state index >= 15 is 0 Å². The molecular formula is C20H24ClN4O2+. The second-order valence-corrected chi connectivity index (χ2v) is 7.31. The van der Waals surface area contributed by atoms with Crippen molar-refractivity contribution in [2.75, 3.05) is 18.4 Å². The van der Waals surface area contributed by atoms with Crippen molar-refractivity contribution in [1.29, 1.82) is 0 Å². The van der Waals surface area contributed by atoms with Crippen LogP contribution in [0.1, 0.15) is 28.8 Å². The topological polar surface area (TPSA) is 88.7 Å². The fraction of sp³-hybridized carbons (Fsp3) is 0.300. The summed E-state index contributed by atoms with van der Waals surface area (Å²) >= 11 is 5.93. The van der Waals surface area contributed by atoms with Gasteiger partial charge in [0.25, 0.3) is 5.91 Å². The lowest BCUT2D eigenvalue weighted by molar-refractivity contribution is -0.918. The summed E-state index contributed by atoms with van der Waals surface area (Å²) in [6.07, 6.45) is 1.88. The molecule has 2 aromatic carbocycles. The third-order valence-electron chi connectivity index (χ3n) is 4.79. The van der Waals surface area contributed by atoms with Crippen molar-refractivity contribution in [3.63, 3.8) is 0 Å². The van der Waals surface area contributed by atoms with E-state index in [2.05, 4.69) is 22.8 Å². The third-order valence-corrected chi connectivity index (χ3v) is 5.04.